The van der Waals surface area contributed by atoms with Crippen LogP contribution in [0, 0.1) is 10.1 Å². The first-order chi connectivity index (χ1) is 10.1. The Labute approximate surface area is 125 Å². The molecule has 2 heterocycles. The minimum absolute atomic E-state index is 0.0616. The van der Waals surface area contributed by atoms with Gasteiger partial charge in [0.05, 0.1) is 9.80 Å². The monoisotopic (exact) mass is 306 g/mol. The lowest BCUT2D eigenvalue weighted by atomic mass is 9.95. The highest BCUT2D eigenvalue weighted by Gasteiger charge is 2.34. The van der Waals surface area contributed by atoms with Crippen LogP contribution in [0.25, 0.3) is 10.4 Å². The van der Waals surface area contributed by atoms with Crippen molar-refractivity contribution in [2.75, 3.05) is 13.2 Å². The third kappa shape index (κ3) is 2.80. The molecule has 0 spiro atoms. The minimum atomic E-state index is -0.915. The highest BCUT2D eigenvalue weighted by molar-refractivity contribution is 7.15. The van der Waals surface area contributed by atoms with Gasteiger partial charge < -0.3 is 9.84 Å². The molecule has 1 N–H and O–H groups in total. The van der Waals surface area contributed by atoms with Gasteiger partial charge in [-0.3, -0.25) is 10.1 Å². The van der Waals surface area contributed by atoms with Gasteiger partial charge in [0.2, 0.25) is 0 Å². The summed E-state index contributed by atoms with van der Waals surface area (Å²) < 4.78 is 5.27. The molecule has 1 aromatic carbocycles. The molecule has 7 heteroatoms. The molecule has 0 unspecified atom stereocenters. The molecule has 6 nitrogen and oxygen atoms in total. The molecular formula is C14H14N2O4S. The predicted octanol–water partition coefficient (Wildman–Crippen LogP) is 2.72. The molecule has 110 valence electrons. The van der Waals surface area contributed by atoms with Gasteiger partial charge in [0.15, 0.2) is 0 Å². The van der Waals surface area contributed by atoms with Crippen molar-refractivity contribution in [3.63, 3.8) is 0 Å². The van der Waals surface area contributed by atoms with E-state index in [1.165, 1.54) is 23.5 Å². The predicted molar refractivity (Wildman–Crippen MR) is 78.2 cm³/mol. The fourth-order valence-corrected chi connectivity index (χ4v) is 3.36. The number of hydrogen-bond acceptors (Lipinski definition) is 6. The van der Waals surface area contributed by atoms with E-state index in [-0.39, 0.29) is 5.69 Å². The molecule has 0 radical (unpaired) electrons. The van der Waals surface area contributed by atoms with E-state index in [4.69, 9.17) is 4.74 Å². The third-order valence-electron chi connectivity index (χ3n) is 3.59. The topological polar surface area (TPSA) is 85.5 Å². The van der Waals surface area contributed by atoms with Crippen molar-refractivity contribution in [2.24, 2.45) is 0 Å². The van der Waals surface area contributed by atoms with E-state index in [0.717, 1.165) is 10.4 Å². The average molecular weight is 306 g/mol. The van der Waals surface area contributed by atoms with Crippen molar-refractivity contribution >= 4 is 17.0 Å². The summed E-state index contributed by atoms with van der Waals surface area (Å²) in [5.41, 5.74) is 0.00800. The van der Waals surface area contributed by atoms with E-state index >= 15 is 0 Å². The Kier molecular flexibility index (Phi) is 3.71. The number of ether oxygens (including phenoxy) is 1. The van der Waals surface area contributed by atoms with Gasteiger partial charge in [-0.1, -0.05) is 0 Å². The molecule has 1 aromatic heterocycles. The van der Waals surface area contributed by atoms with Crippen LogP contribution in [0.2, 0.25) is 0 Å². The van der Waals surface area contributed by atoms with Crippen LogP contribution >= 0.6 is 11.3 Å². The molecule has 1 saturated heterocycles. The second kappa shape index (κ2) is 5.51. The van der Waals surface area contributed by atoms with Gasteiger partial charge in [0, 0.05) is 44.4 Å². The van der Waals surface area contributed by atoms with Crippen LogP contribution in [0.3, 0.4) is 0 Å². The van der Waals surface area contributed by atoms with Crippen molar-refractivity contribution in [1.29, 1.82) is 0 Å². The molecule has 2 aromatic rings. The van der Waals surface area contributed by atoms with Crippen molar-refractivity contribution in [2.45, 2.75) is 18.4 Å². The van der Waals surface area contributed by atoms with Crippen molar-refractivity contribution in [1.82, 2.24) is 4.98 Å². The number of nitrogens with zero attached hydrogens (tertiary/aromatic N) is 2. The summed E-state index contributed by atoms with van der Waals surface area (Å²) in [7, 11) is 0. The van der Waals surface area contributed by atoms with Gasteiger partial charge in [-0.15, -0.1) is 11.3 Å². The molecule has 1 aliphatic heterocycles. The third-order valence-corrected chi connectivity index (χ3v) is 4.83. The zero-order valence-electron chi connectivity index (χ0n) is 11.2. The van der Waals surface area contributed by atoms with Gasteiger partial charge in [-0.2, -0.15) is 0 Å². The van der Waals surface area contributed by atoms with Gasteiger partial charge in [-0.05, 0) is 17.7 Å². The molecule has 0 bridgehead atoms. The molecular weight excluding hydrogens is 292 g/mol. The molecule has 0 amide bonds. The van der Waals surface area contributed by atoms with Crippen LogP contribution < -0.4 is 0 Å². The largest absolute Gasteiger partial charge is 0.382 e. The lowest BCUT2D eigenvalue weighted by Crippen LogP contribution is -2.33. The van der Waals surface area contributed by atoms with E-state index < -0.39 is 10.5 Å². The normalized spacial score (nSPS) is 17.6. The minimum Gasteiger partial charge on any atom is -0.382 e. The van der Waals surface area contributed by atoms with Crippen LogP contribution in [0.4, 0.5) is 5.69 Å². The molecule has 0 aliphatic carbocycles. The van der Waals surface area contributed by atoms with Gasteiger partial charge >= 0.3 is 0 Å². The maximum absolute atomic E-state index is 10.7. The molecule has 0 atom stereocenters. The summed E-state index contributed by atoms with van der Waals surface area (Å²) in [5.74, 6) is 0. The lowest BCUT2D eigenvalue weighted by Gasteiger charge is -2.29. The lowest BCUT2D eigenvalue weighted by molar-refractivity contribution is -0.384. The number of nitro benzene ring substituents is 1. The fourth-order valence-electron chi connectivity index (χ4n) is 2.29. The molecule has 1 aliphatic rings. The summed E-state index contributed by atoms with van der Waals surface area (Å²) in [6.07, 6.45) is 2.79. The van der Waals surface area contributed by atoms with Crippen molar-refractivity contribution in [3.05, 3.63) is 45.6 Å². The van der Waals surface area contributed by atoms with Crippen LogP contribution in [-0.2, 0) is 10.3 Å². The first-order valence-corrected chi connectivity index (χ1v) is 7.41. The molecule has 1 fully saturated rings. The second-order valence-electron chi connectivity index (χ2n) is 4.98. The molecule has 21 heavy (non-hydrogen) atoms. The first kappa shape index (κ1) is 14.1. The Bertz CT molecular complexity index is 647. The van der Waals surface area contributed by atoms with E-state index in [9.17, 15) is 15.2 Å². The molecule has 3 rings (SSSR count). The summed E-state index contributed by atoms with van der Waals surface area (Å²) in [6, 6.07) is 6.34. The Morgan fingerprint density at radius 3 is 2.57 bits per heavy atom. The zero-order valence-corrected chi connectivity index (χ0v) is 12.0. The van der Waals surface area contributed by atoms with Gasteiger partial charge in [0.1, 0.15) is 10.6 Å². The van der Waals surface area contributed by atoms with Crippen LogP contribution in [0.1, 0.15) is 17.8 Å². The number of non-ortho nitro benzene ring substituents is 1. The fraction of sp³-hybridized carbons (Fsp3) is 0.357. The Balaban J connectivity index is 1.85. The highest BCUT2D eigenvalue weighted by atomic mass is 32.1. The quantitative estimate of drug-likeness (QED) is 0.696. The van der Waals surface area contributed by atoms with Crippen LogP contribution in [-0.4, -0.2) is 28.2 Å². The van der Waals surface area contributed by atoms with E-state index in [2.05, 4.69) is 4.98 Å². The summed E-state index contributed by atoms with van der Waals surface area (Å²) >= 11 is 1.42. The van der Waals surface area contributed by atoms with E-state index in [0.29, 0.717) is 31.1 Å². The Hall–Kier alpha value is -1.83. The first-order valence-electron chi connectivity index (χ1n) is 6.60. The number of hydrogen-bond donors (Lipinski definition) is 1. The SMILES string of the molecule is O=[N+]([O-])c1ccc(-c2cnc(C3(O)CCOCC3)s2)cc1. The number of thiazole rings is 1. The second-order valence-corrected chi connectivity index (χ2v) is 6.01. The van der Waals surface area contributed by atoms with E-state index in [1.807, 2.05) is 0 Å². The highest BCUT2D eigenvalue weighted by Crippen LogP contribution is 2.37. The van der Waals surface area contributed by atoms with Gasteiger partial charge in [0.25, 0.3) is 5.69 Å². The number of benzene rings is 1. The van der Waals surface area contributed by atoms with Crippen LogP contribution in [0.5, 0.6) is 0 Å². The van der Waals surface area contributed by atoms with Crippen LogP contribution in [0.15, 0.2) is 30.5 Å². The Morgan fingerprint density at radius 1 is 1.29 bits per heavy atom. The number of aromatic nitrogens is 1. The van der Waals surface area contributed by atoms with Gasteiger partial charge in [-0.25, -0.2) is 4.98 Å². The van der Waals surface area contributed by atoms with Crippen molar-refractivity contribution in [3.8, 4) is 10.4 Å². The standard InChI is InChI=1S/C14H14N2O4S/c17-14(5-7-20-8-6-14)13-15-9-12(21-13)10-1-3-11(4-2-10)16(18)19/h1-4,9,17H,5-8H2. The maximum atomic E-state index is 10.7. The molecule has 0 saturated carbocycles. The number of aliphatic hydroxyl groups is 1. The smallest absolute Gasteiger partial charge is 0.269 e. The maximum Gasteiger partial charge on any atom is 0.269 e. The zero-order chi connectivity index (χ0) is 14.9. The van der Waals surface area contributed by atoms with Crippen molar-refractivity contribution < 1.29 is 14.8 Å². The average Bonchev–Trinajstić information content (AvgIpc) is 2.99. The summed E-state index contributed by atoms with van der Waals surface area (Å²) in [6.45, 7) is 1.06. The number of rotatable bonds is 3. The summed E-state index contributed by atoms with van der Waals surface area (Å²) in [4.78, 5) is 15.4. The summed E-state index contributed by atoms with van der Waals surface area (Å²) in [5, 5.41) is 21.9. The Morgan fingerprint density at radius 2 is 1.95 bits per heavy atom. The van der Waals surface area contributed by atoms with E-state index in [1.54, 1.807) is 18.3 Å². The number of nitro groups is 1.